The van der Waals surface area contributed by atoms with Crippen molar-refractivity contribution in [3.05, 3.63) is 47.1 Å². The van der Waals surface area contributed by atoms with Crippen molar-refractivity contribution < 1.29 is 13.2 Å². The first kappa shape index (κ1) is 19.8. The molecule has 7 nitrogen and oxygen atoms in total. The number of rotatable bonds is 6. The van der Waals surface area contributed by atoms with Crippen LogP contribution in [0.15, 0.2) is 52.0 Å². The van der Waals surface area contributed by atoms with Gasteiger partial charge in [0.15, 0.2) is 0 Å². The Hall–Kier alpha value is -1.97. The Balaban J connectivity index is 1.60. The van der Waals surface area contributed by atoms with Crippen molar-refractivity contribution in [2.45, 2.75) is 17.7 Å². The van der Waals surface area contributed by atoms with Gasteiger partial charge in [-0.1, -0.05) is 15.9 Å². The first-order valence-corrected chi connectivity index (χ1v) is 10.8. The number of aromatic nitrogens is 1. The zero-order valence-corrected chi connectivity index (χ0v) is 17.3. The number of nitrogens with zero attached hydrogens (tertiary/aromatic N) is 3. The van der Waals surface area contributed by atoms with Gasteiger partial charge in [-0.25, -0.2) is 13.4 Å². The zero-order valence-electron chi connectivity index (χ0n) is 14.9. The molecular weight excluding hydrogens is 432 g/mol. The summed E-state index contributed by atoms with van der Waals surface area (Å²) < 4.78 is 26.9. The van der Waals surface area contributed by atoms with Crippen LogP contribution in [0.4, 0.5) is 11.5 Å². The zero-order chi connectivity index (χ0) is 19.4. The van der Waals surface area contributed by atoms with E-state index in [9.17, 15) is 13.2 Å². The van der Waals surface area contributed by atoms with Crippen molar-refractivity contribution in [2.24, 2.45) is 0 Å². The minimum atomic E-state index is -3.73. The molecule has 144 valence electrons. The van der Waals surface area contributed by atoms with E-state index in [1.807, 2.05) is 6.07 Å². The molecule has 1 aromatic heterocycles. The van der Waals surface area contributed by atoms with Crippen molar-refractivity contribution in [1.29, 1.82) is 0 Å². The summed E-state index contributed by atoms with van der Waals surface area (Å²) in [6, 6.07) is 9.93. The van der Waals surface area contributed by atoms with Crippen LogP contribution < -0.4 is 10.2 Å². The average molecular weight is 453 g/mol. The maximum atomic E-state index is 12.5. The highest BCUT2D eigenvalue weighted by molar-refractivity contribution is 9.10. The minimum absolute atomic E-state index is 0.137. The second kappa shape index (κ2) is 8.37. The molecule has 1 saturated heterocycles. The molecule has 0 bridgehead atoms. The Labute approximate surface area is 167 Å². The Morgan fingerprint density at radius 1 is 1.19 bits per heavy atom. The molecule has 0 aliphatic carbocycles. The number of pyridine rings is 1. The predicted molar refractivity (Wildman–Crippen MR) is 108 cm³/mol. The van der Waals surface area contributed by atoms with Crippen LogP contribution in [0.1, 0.15) is 12.8 Å². The lowest BCUT2D eigenvalue weighted by Gasteiger charge is -2.18. The molecule has 0 radical (unpaired) electrons. The summed E-state index contributed by atoms with van der Waals surface area (Å²) in [7, 11) is -2.35. The number of anilines is 2. The average Bonchev–Trinajstić information content (AvgIpc) is 3.17. The normalized spacial score (nSPS) is 14.6. The van der Waals surface area contributed by atoms with Gasteiger partial charge in [0.05, 0.1) is 23.3 Å². The van der Waals surface area contributed by atoms with Gasteiger partial charge in [-0.05, 0) is 49.2 Å². The molecule has 0 spiro atoms. The second-order valence-corrected chi connectivity index (χ2v) is 9.32. The summed E-state index contributed by atoms with van der Waals surface area (Å²) in [5.41, 5.74) is 0.539. The SMILES string of the molecule is CN(CC(=O)Nc1ccc(N2CCCC2)nc1)S(=O)(=O)c1ccc(Br)cc1. The summed E-state index contributed by atoms with van der Waals surface area (Å²) in [5, 5.41) is 2.69. The van der Waals surface area contributed by atoms with E-state index in [0.29, 0.717) is 5.69 Å². The van der Waals surface area contributed by atoms with Gasteiger partial charge in [0.25, 0.3) is 0 Å². The van der Waals surface area contributed by atoms with E-state index in [1.54, 1.807) is 24.4 Å². The van der Waals surface area contributed by atoms with E-state index in [2.05, 4.69) is 31.1 Å². The summed E-state index contributed by atoms with van der Waals surface area (Å²) in [5.74, 6) is 0.467. The Morgan fingerprint density at radius 3 is 2.44 bits per heavy atom. The van der Waals surface area contributed by atoms with E-state index < -0.39 is 15.9 Å². The molecule has 2 heterocycles. The Bertz CT molecular complexity index is 895. The number of sulfonamides is 1. The van der Waals surface area contributed by atoms with Gasteiger partial charge in [0.1, 0.15) is 5.82 Å². The molecule has 0 unspecified atom stereocenters. The molecule has 3 rings (SSSR count). The molecule has 0 atom stereocenters. The number of hydrogen-bond acceptors (Lipinski definition) is 5. The number of amides is 1. The van der Waals surface area contributed by atoms with Crippen LogP contribution in [-0.2, 0) is 14.8 Å². The van der Waals surface area contributed by atoms with Crippen LogP contribution in [0.3, 0.4) is 0 Å². The fourth-order valence-electron chi connectivity index (χ4n) is 2.87. The highest BCUT2D eigenvalue weighted by atomic mass is 79.9. The van der Waals surface area contributed by atoms with Crippen LogP contribution in [-0.4, -0.2) is 50.3 Å². The Morgan fingerprint density at radius 2 is 1.85 bits per heavy atom. The molecule has 1 aliphatic heterocycles. The van der Waals surface area contributed by atoms with Gasteiger partial charge in [0.2, 0.25) is 15.9 Å². The molecule has 0 saturated carbocycles. The quantitative estimate of drug-likeness (QED) is 0.728. The number of benzene rings is 1. The second-order valence-electron chi connectivity index (χ2n) is 6.36. The summed E-state index contributed by atoms with van der Waals surface area (Å²) >= 11 is 3.27. The van der Waals surface area contributed by atoms with Crippen molar-refractivity contribution >= 4 is 43.4 Å². The smallest absolute Gasteiger partial charge is 0.243 e. The maximum Gasteiger partial charge on any atom is 0.243 e. The van der Waals surface area contributed by atoms with E-state index >= 15 is 0 Å². The number of nitrogens with one attached hydrogen (secondary N) is 1. The molecular formula is C18H21BrN4O3S. The van der Waals surface area contributed by atoms with Gasteiger partial charge in [0, 0.05) is 24.6 Å². The largest absolute Gasteiger partial charge is 0.357 e. The molecule has 9 heteroatoms. The van der Waals surface area contributed by atoms with Gasteiger partial charge in [-0.15, -0.1) is 0 Å². The molecule has 1 aromatic carbocycles. The van der Waals surface area contributed by atoms with Crippen molar-refractivity contribution in [2.75, 3.05) is 36.9 Å². The van der Waals surface area contributed by atoms with E-state index in [0.717, 1.165) is 27.7 Å². The standard InChI is InChI=1S/C18H21BrN4O3S/c1-22(27(25,26)16-7-4-14(19)5-8-16)13-18(24)21-15-6-9-17(20-12-15)23-10-2-3-11-23/h4-9,12H,2-3,10-11,13H2,1H3,(H,21,24). The van der Waals surface area contributed by atoms with Crippen molar-refractivity contribution in [3.8, 4) is 0 Å². The molecule has 1 fully saturated rings. The fourth-order valence-corrected chi connectivity index (χ4v) is 4.26. The highest BCUT2D eigenvalue weighted by Gasteiger charge is 2.23. The molecule has 27 heavy (non-hydrogen) atoms. The first-order valence-electron chi connectivity index (χ1n) is 8.59. The summed E-state index contributed by atoms with van der Waals surface area (Å²) in [4.78, 5) is 18.9. The predicted octanol–water partition coefficient (Wildman–Crippen LogP) is 2.70. The van der Waals surface area contributed by atoms with E-state index in [1.165, 1.54) is 32.0 Å². The Kier molecular flexibility index (Phi) is 6.13. The van der Waals surface area contributed by atoms with E-state index in [4.69, 9.17) is 0 Å². The first-order chi connectivity index (χ1) is 12.9. The van der Waals surface area contributed by atoms with Crippen LogP contribution in [0.2, 0.25) is 0 Å². The monoisotopic (exact) mass is 452 g/mol. The third kappa shape index (κ3) is 4.85. The van der Waals surface area contributed by atoms with Crippen LogP contribution in [0, 0.1) is 0 Å². The lowest BCUT2D eigenvalue weighted by molar-refractivity contribution is -0.116. The lowest BCUT2D eigenvalue weighted by Crippen LogP contribution is -2.35. The van der Waals surface area contributed by atoms with E-state index in [-0.39, 0.29) is 11.4 Å². The van der Waals surface area contributed by atoms with Gasteiger partial charge < -0.3 is 10.2 Å². The van der Waals surface area contributed by atoms with Crippen molar-refractivity contribution in [1.82, 2.24) is 9.29 Å². The third-order valence-corrected chi connectivity index (χ3v) is 6.70. The molecule has 1 aliphatic rings. The molecule has 2 aromatic rings. The van der Waals surface area contributed by atoms with Crippen LogP contribution in [0.5, 0.6) is 0 Å². The number of carbonyl (C=O) groups excluding carboxylic acids is 1. The summed E-state index contributed by atoms with van der Waals surface area (Å²) in [6.45, 7) is 1.71. The summed E-state index contributed by atoms with van der Waals surface area (Å²) in [6.07, 6.45) is 3.92. The third-order valence-electron chi connectivity index (χ3n) is 4.35. The van der Waals surface area contributed by atoms with Gasteiger partial charge in [-0.2, -0.15) is 4.31 Å². The molecule has 1 N–H and O–H groups in total. The van der Waals surface area contributed by atoms with Gasteiger partial charge in [-0.3, -0.25) is 4.79 Å². The minimum Gasteiger partial charge on any atom is -0.357 e. The van der Waals surface area contributed by atoms with Crippen LogP contribution in [0.25, 0.3) is 0 Å². The lowest BCUT2D eigenvalue weighted by atomic mass is 10.3. The topological polar surface area (TPSA) is 82.6 Å². The maximum absolute atomic E-state index is 12.5. The fraction of sp³-hybridized carbons (Fsp3) is 0.333. The number of halogens is 1. The van der Waals surface area contributed by atoms with Gasteiger partial charge >= 0.3 is 0 Å². The van der Waals surface area contributed by atoms with Crippen molar-refractivity contribution in [3.63, 3.8) is 0 Å². The van der Waals surface area contributed by atoms with Crippen LogP contribution >= 0.6 is 15.9 Å². The number of carbonyl (C=O) groups is 1. The number of hydrogen-bond donors (Lipinski definition) is 1. The highest BCUT2D eigenvalue weighted by Crippen LogP contribution is 2.20. The molecule has 1 amide bonds. The number of likely N-dealkylation sites (N-methyl/N-ethyl adjacent to an activating group) is 1.